The Bertz CT molecular complexity index is 763. The summed E-state index contributed by atoms with van der Waals surface area (Å²) in [6.07, 6.45) is 0.323. The van der Waals surface area contributed by atoms with E-state index in [-0.39, 0.29) is 15.6 Å². The Kier molecular flexibility index (Phi) is 5.48. The molecular formula is C15H19Cl3N2O3S. The molecule has 9 heteroatoms. The summed E-state index contributed by atoms with van der Waals surface area (Å²) in [5.41, 5.74) is -0.708. The van der Waals surface area contributed by atoms with Gasteiger partial charge >= 0.3 is 0 Å². The highest BCUT2D eigenvalue weighted by molar-refractivity contribution is 7.89. The minimum absolute atomic E-state index is 0.0647. The molecule has 0 aromatic heterocycles. The summed E-state index contributed by atoms with van der Waals surface area (Å²) in [4.78, 5) is 12.4. The van der Waals surface area contributed by atoms with E-state index < -0.39 is 25.7 Å². The van der Waals surface area contributed by atoms with E-state index in [9.17, 15) is 13.2 Å². The monoisotopic (exact) mass is 412 g/mol. The Morgan fingerprint density at radius 3 is 2.29 bits per heavy atom. The normalized spacial score (nSPS) is 22.5. The predicted molar refractivity (Wildman–Crippen MR) is 97.3 cm³/mol. The molecule has 1 fully saturated rings. The van der Waals surface area contributed by atoms with E-state index in [1.165, 1.54) is 22.5 Å². The summed E-state index contributed by atoms with van der Waals surface area (Å²) in [6, 6.07) is 4.21. The topological polar surface area (TPSA) is 66.5 Å². The quantitative estimate of drug-likeness (QED) is 0.719. The highest BCUT2D eigenvalue weighted by atomic mass is 35.5. The zero-order valence-corrected chi connectivity index (χ0v) is 16.7. The van der Waals surface area contributed by atoms with Crippen molar-refractivity contribution in [1.29, 1.82) is 0 Å². The van der Waals surface area contributed by atoms with Crippen molar-refractivity contribution in [1.82, 2.24) is 4.31 Å². The molecule has 1 amide bonds. The number of hydrogen-bond acceptors (Lipinski definition) is 3. The summed E-state index contributed by atoms with van der Waals surface area (Å²) >= 11 is 18.1. The molecule has 0 bridgehead atoms. The molecule has 1 saturated carbocycles. The second kappa shape index (κ2) is 6.65. The van der Waals surface area contributed by atoms with Gasteiger partial charge in [-0.3, -0.25) is 4.79 Å². The van der Waals surface area contributed by atoms with E-state index in [2.05, 4.69) is 5.32 Å². The number of rotatable bonds is 6. The Hall–Kier alpha value is -0.530. The number of nitrogens with one attached hydrogen (secondary N) is 1. The van der Waals surface area contributed by atoms with Crippen LogP contribution in [0.25, 0.3) is 0 Å². The average molecular weight is 414 g/mol. The van der Waals surface area contributed by atoms with Gasteiger partial charge in [-0.25, -0.2) is 8.42 Å². The first kappa shape index (κ1) is 19.8. The molecule has 0 saturated heterocycles. The number of nitrogens with zero attached hydrogens (tertiary/aromatic N) is 1. The van der Waals surface area contributed by atoms with E-state index in [1.54, 1.807) is 20.8 Å². The van der Waals surface area contributed by atoms with Crippen molar-refractivity contribution >= 4 is 56.4 Å². The first-order valence-electron chi connectivity index (χ1n) is 7.48. The van der Waals surface area contributed by atoms with Crippen molar-refractivity contribution in [2.75, 3.05) is 18.4 Å². The Morgan fingerprint density at radius 2 is 1.83 bits per heavy atom. The Balaban J connectivity index is 2.32. The smallest absolute Gasteiger partial charge is 0.243 e. The van der Waals surface area contributed by atoms with Crippen LogP contribution in [0.5, 0.6) is 0 Å². The molecule has 1 atom stereocenters. The number of alkyl halides is 2. The van der Waals surface area contributed by atoms with Crippen LogP contribution in [0.2, 0.25) is 5.02 Å². The van der Waals surface area contributed by atoms with Crippen LogP contribution in [0.1, 0.15) is 27.2 Å². The van der Waals surface area contributed by atoms with Crippen LogP contribution in [-0.4, -0.2) is 36.1 Å². The van der Waals surface area contributed by atoms with Crippen molar-refractivity contribution < 1.29 is 13.2 Å². The van der Waals surface area contributed by atoms with E-state index >= 15 is 0 Å². The molecule has 0 heterocycles. The molecule has 0 spiro atoms. The summed E-state index contributed by atoms with van der Waals surface area (Å²) < 4.78 is 25.4. The van der Waals surface area contributed by atoms with Gasteiger partial charge in [0, 0.05) is 13.1 Å². The van der Waals surface area contributed by atoms with Crippen LogP contribution in [0.4, 0.5) is 5.69 Å². The lowest BCUT2D eigenvalue weighted by Gasteiger charge is -2.19. The number of anilines is 1. The molecule has 1 unspecified atom stereocenters. The van der Waals surface area contributed by atoms with Gasteiger partial charge in [-0.1, -0.05) is 25.4 Å². The van der Waals surface area contributed by atoms with E-state index in [0.29, 0.717) is 19.5 Å². The summed E-state index contributed by atoms with van der Waals surface area (Å²) in [7, 11) is -3.65. The third-order valence-electron chi connectivity index (χ3n) is 4.29. The van der Waals surface area contributed by atoms with Crippen molar-refractivity contribution in [2.45, 2.75) is 36.4 Å². The lowest BCUT2D eigenvalue weighted by molar-refractivity contribution is -0.120. The van der Waals surface area contributed by atoms with Gasteiger partial charge in [-0.05, 0) is 31.5 Å². The SMILES string of the molecule is CCN(CC)S(=O)(=O)c1ccc(Cl)c(NC(=O)C2(C)CC2(Cl)Cl)c1. The first-order chi connectivity index (χ1) is 11.0. The second-order valence-corrected chi connectivity index (χ2v) is 9.73. The lowest BCUT2D eigenvalue weighted by atomic mass is 10.1. The van der Waals surface area contributed by atoms with Gasteiger partial charge in [0.05, 0.1) is 21.0 Å². The van der Waals surface area contributed by atoms with Gasteiger partial charge in [0.1, 0.15) is 4.33 Å². The van der Waals surface area contributed by atoms with Gasteiger partial charge in [0.2, 0.25) is 15.9 Å². The van der Waals surface area contributed by atoms with E-state index in [4.69, 9.17) is 34.8 Å². The minimum atomic E-state index is -3.65. The maximum Gasteiger partial charge on any atom is 0.243 e. The molecule has 1 aromatic rings. The third kappa shape index (κ3) is 3.40. The lowest BCUT2D eigenvalue weighted by Crippen LogP contribution is -2.31. The Morgan fingerprint density at radius 1 is 1.29 bits per heavy atom. The fraction of sp³-hybridized carbons (Fsp3) is 0.533. The standard InChI is InChI=1S/C15H19Cl3N2O3S/c1-4-20(5-2)24(22,23)10-6-7-11(16)12(8-10)19-13(21)14(3)9-15(14,17)18/h6-8H,4-5,9H2,1-3H3,(H,19,21). The number of hydrogen-bond donors (Lipinski definition) is 1. The molecule has 0 aliphatic heterocycles. The van der Waals surface area contributed by atoms with Gasteiger partial charge in [-0.2, -0.15) is 4.31 Å². The van der Waals surface area contributed by atoms with Crippen LogP contribution in [0.15, 0.2) is 23.1 Å². The predicted octanol–water partition coefficient (Wildman–Crippen LogP) is 3.89. The van der Waals surface area contributed by atoms with Crippen molar-refractivity contribution in [3.63, 3.8) is 0 Å². The molecule has 1 aliphatic rings. The van der Waals surface area contributed by atoms with Crippen molar-refractivity contribution in [2.24, 2.45) is 5.41 Å². The first-order valence-corrected chi connectivity index (χ1v) is 10.1. The number of benzene rings is 1. The van der Waals surface area contributed by atoms with Gasteiger partial charge in [-0.15, -0.1) is 23.2 Å². The van der Waals surface area contributed by atoms with Crippen LogP contribution in [0.3, 0.4) is 0 Å². The molecule has 2 rings (SSSR count). The minimum Gasteiger partial charge on any atom is -0.324 e. The maximum absolute atomic E-state index is 12.6. The van der Waals surface area contributed by atoms with E-state index in [1.807, 2.05) is 0 Å². The number of carbonyl (C=O) groups is 1. The molecule has 1 aliphatic carbocycles. The Labute approximate surface area is 157 Å². The van der Waals surface area contributed by atoms with Crippen LogP contribution in [-0.2, 0) is 14.8 Å². The summed E-state index contributed by atoms with van der Waals surface area (Å²) in [5, 5.41) is 2.87. The zero-order valence-electron chi connectivity index (χ0n) is 13.6. The third-order valence-corrected chi connectivity index (χ3v) is 7.77. The average Bonchev–Trinajstić information content (AvgIpc) is 3.02. The van der Waals surface area contributed by atoms with E-state index in [0.717, 1.165) is 0 Å². The number of halogens is 3. The van der Waals surface area contributed by atoms with Gasteiger partial charge < -0.3 is 5.32 Å². The summed E-state index contributed by atoms with van der Waals surface area (Å²) in [6.45, 7) is 5.86. The fourth-order valence-electron chi connectivity index (χ4n) is 2.38. The molecule has 5 nitrogen and oxygen atoms in total. The summed E-state index contributed by atoms with van der Waals surface area (Å²) in [5.74, 6) is -0.396. The highest BCUT2D eigenvalue weighted by Crippen LogP contribution is 2.64. The molecule has 1 aromatic carbocycles. The second-order valence-electron chi connectivity index (χ2n) is 5.90. The zero-order chi connectivity index (χ0) is 18.3. The molecule has 134 valence electrons. The van der Waals surface area contributed by atoms with Crippen molar-refractivity contribution in [3.05, 3.63) is 23.2 Å². The van der Waals surface area contributed by atoms with Gasteiger partial charge in [0.15, 0.2) is 0 Å². The van der Waals surface area contributed by atoms with Crippen LogP contribution < -0.4 is 5.32 Å². The van der Waals surface area contributed by atoms with Gasteiger partial charge in [0.25, 0.3) is 0 Å². The molecule has 0 radical (unpaired) electrons. The number of carbonyl (C=O) groups excluding carboxylic acids is 1. The fourth-order valence-corrected chi connectivity index (χ4v) is 4.74. The molecule has 24 heavy (non-hydrogen) atoms. The highest BCUT2D eigenvalue weighted by Gasteiger charge is 2.67. The number of sulfonamides is 1. The molecular weight excluding hydrogens is 395 g/mol. The van der Waals surface area contributed by atoms with Crippen molar-refractivity contribution in [3.8, 4) is 0 Å². The van der Waals surface area contributed by atoms with Crippen LogP contribution in [0, 0.1) is 5.41 Å². The molecule has 1 N–H and O–H groups in total. The number of amides is 1. The van der Waals surface area contributed by atoms with Crippen LogP contribution >= 0.6 is 34.8 Å². The maximum atomic E-state index is 12.6. The largest absolute Gasteiger partial charge is 0.324 e.